The summed E-state index contributed by atoms with van der Waals surface area (Å²) in [5, 5.41) is 9.70. The molecule has 19 heavy (non-hydrogen) atoms. The molecule has 0 bridgehead atoms. The number of anilines is 1. The van der Waals surface area contributed by atoms with E-state index in [-0.39, 0.29) is 17.3 Å². The molecule has 2 rings (SSSR count). The molecule has 0 unspecified atom stereocenters. The first-order chi connectivity index (χ1) is 9.08. The van der Waals surface area contributed by atoms with Crippen LogP contribution in [0.5, 0.6) is 0 Å². The molecule has 0 atom stereocenters. The smallest absolute Gasteiger partial charge is 0.246 e. The van der Waals surface area contributed by atoms with Crippen molar-refractivity contribution in [3.8, 4) is 0 Å². The van der Waals surface area contributed by atoms with Crippen LogP contribution in [-0.4, -0.2) is 27.2 Å². The molecule has 1 aromatic heterocycles. The van der Waals surface area contributed by atoms with Gasteiger partial charge in [0, 0.05) is 0 Å². The van der Waals surface area contributed by atoms with Crippen molar-refractivity contribution in [3.63, 3.8) is 0 Å². The van der Waals surface area contributed by atoms with Gasteiger partial charge in [0.2, 0.25) is 5.91 Å². The standard InChI is InChI=1S/C11H8ClFN4O2/c12-9-3-7(13)1-2-10(9)14-11(19)5-17-4-8(6-18)15-16-17/h1-4,6H,5H2,(H,14,19). The van der Waals surface area contributed by atoms with Crippen molar-refractivity contribution >= 4 is 29.5 Å². The molecule has 98 valence electrons. The predicted molar refractivity (Wildman–Crippen MR) is 65.4 cm³/mol. The number of carbonyl (C=O) groups excluding carboxylic acids is 2. The molecular weight excluding hydrogens is 275 g/mol. The van der Waals surface area contributed by atoms with Crippen LogP contribution in [0.15, 0.2) is 24.4 Å². The summed E-state index contributed by atoms with van der Waals surface area (Å²) < 4.78 is 14.0. The summed E-state index contributed by atoms with van der Waals surface area (Å²) in [5.74, 6) is -0.911. The van der Waals surface area contributed by atoms with E-state index in [1.54, 1.807) is 0 Å². The second-order valence-electron chi connectivity index (χ2n) is 3.63. The zero-order chi connectivity index (χ0) is 13.8. The van der Waals surface area contributed by atoms with Crippen LogP contribution in [0.1, 0.15) is 10.5 Å². The van der Waals surface area contributed by atoms with Crippen LogP contribution >= 0.6 is 11.6 Å². The van der Waals surface area contributed by atoms with Gasteiger partial charge in [-0.25, -0.2) is 9.07 Å². The number of carbonyl (C=O) groups is 2. The van der Waals surface area contributed by atoms with Crippen molar-refractivity contribution in [2.24, 2.45) is 0 Å². The van der Waals surface area contributed by atoms with Gasteiger partial charge in [0.15, 0.2) is 6.29 Å². The maximum atomic E-state index is 12.8. The highest BCUT2D eigenvalue weighted by Gasteiger charge is 2.09. The van der Waals surface area contributed by atoms with Gasteiger partial charge in [0.1, 0.15) is 18.1 Å². The first-order valence-electron chi connectivity index (χ1n) is 5.18. The minimum Gasteiger partial charge on any atom is -0.323 e. The Labute approximate surface area is 112 Å². The summed E-state index contributed by atoms with van der Waals surface area (Å²) >= 11 is 5.77. The summed E-state index contributed by atoms with van der Waals surface area (Å²) in [4.78, 5) is 22.1. The molecule has 0 aliphatic rings. The van der Waals surface area contributed by atoms with Crippen LogP contribution in [-0.2, 0) is 11.3 Å². The number of nitrogens with one attached hydrogen (secondary N) is 1. The van der Waals surface area contributed by atoms with E-state index >= 15 is 0 Å². The fourth-order valence-electron chi connectivity index (χ4n) is 1.37. The highest BCUT2D eigenvalue weighted by atomic mass is 35.5. The van der Waals surface area contributed by atoms with E-state index in [0.29, 0.717) is 12.0 Å². The molecule has 0 saturated carbocycles. The molecule has 0 fully saturated rings. The first-order valence-corrected chi connectivity index (χ1v) is 5.56. The Morgan fingerprint density at radius 3 is 2.95 bits per heavy atom. The maximum Gasteiger partial charge on any atom is 0.246 e. The molecule has 1 aromatic carbocycles. The Hall–Kier alpha value is -2.28. The van der Waals surface area contributed by atoms with Crippen LogP contribution < -0.4 is 5.32 Å². The fourth-order valence-corrected chi connectivity index (χ4v) is 1.59. The Kier molecular flexibility index (Phi) is 3.86. The Morgan fingerprint density at radius 1 is 1.53 bits per heavy atom. The number of halogens is 2. The first kappa shape index (κ1) is 13.2. The third-order valence-electron chi connectivity index (χ3n) is 2.19. The van der Waals surface area contributed by atoms with Gasteiger partial charge in [-0.1, -0.05) is 16.8 Å². The van der Waals surface area contributed by atoms with Crippen molar-refractivity contribution in [2.45, 2.75) is 6.54 Å². The van der Waals surface area contributed by atoms with Crippen LogP contribution in [0.3, 0.4) is 0 Å². The third kappa shape index (κ3) is 3.35. The van der Waals surface area contributed by atoms with Gasteiger partial charge in [-0.05, 0) is 18.2 Å². The number of hydrogen-bond acceptors (Lipinski definition) is 4. The van der Waals surface area contributed by atoms with Gasteiger partial charge in [-0.2, -0.15) is 0 Å². The van der Waals surface area contributed by atoms with Gasteiger partial charge in [-0.3, -0.25) is 9.59 Å². The molecule has 2 aromatic rings. The van der Waals surface area contributed by atoms with Gasteiger partial charge in [-0.15, -0.1) is 5.10 Å². The van der Waals surface area contributed by atoms with E-state index in [0.717, 1.165) is 6.07 Å². The number of aldehydes is 1. The topological polar surface area (TPSA) is 76.9 Å². The van der Waals surface area contributed by atoms with Crippen molar-refractivity contribution in [2.75, 3.05) is 5.32 Å². The van der Waals surface area contributed by atoms with Crippen LogP contribution in [0, 0.1) is 5.82 Å². The van der Waals surface area contributed by atoms with E-state index in [4.69, 9.17) is 11.6 Å². The summed E-state index contributed by atoms with van der Waals surface area (Å²) in [6.07, 6.45) is 1.86. The van der Waals surface area contributed by atoms with Crippen molar-refractivity contribution < 1.29 is 14.0 Å². The molecule has 0 radical (unpaired) electrons. The largest absolute Gasteiger partial charge is 0.323 e. The third-order valence-corrected chi connectivity index (χ3v) is 2.50. The Bertz CT molecular complexity index is 629. The number of hydrogen-bond donors (Lipinski definition) is 1. The van der Waals surface area contributed by atoms with Gasteiger partial charge in [0.05, 0.1) is 16.9 Å². The summed E-state index contributed by atoms with van der Waals surface area (Å²) in [6, 6.07) is 3.63. The molecule has 0 spiro atoms. The molecule has 8 heteroatoms. The second-order valence-corrected chi connectivity index (χ2v) is 4.04. The zero-order valence-electron chi connectivity index (χ0n) is 9.51. The second kappa shape index (κ2) is 5.57. The van der Waals surface area contributed by atoms with Crippen LogP contribution in [0.2, 0.25) is 5.02 Å². The number of benzene rings is 1. The van der Waals surface area contributed by atoms with Crippen LogP contribution in [0.4, 0.5) is 10.1 Å². The van der Waals surface area contributed by atoms with Crippen LogP contribution in [0.25, 0.3) is 0 Å². The lowest BCUT2D eigenvalue weighted by Crippen LogP contribution is -2.19. The normalized spacial score (nSPS) is 10.2. The highest BCUT2D eigenvalue weighted by molar-refractivity contribution is 6.33. The average Bonchev–Trinajstić information content (AvgIpc) is 2.80. The quantitative estimate of drug-likeness (QED) is 0.863. The van der Waals surface area contributed by atoms with E-state index in [1.165, 1.54) is 23.0 Å². The van der Waals surface area contributed by atoms with Gasteiger partial charge in [0.25, 0.3) is 0 Å². The SMILES string of the molecule is O=Cc1cn(CC(=O)Nc2ccc(F)cc2Cl)nn1. The predicted octanol–water partition coefficient (Wildman–Crippen LogP) is 1.52. The zero-order valence-corrected chi connectivity index (χ0v) is 10.3. The molecular formula is C11H8ClFN4O2. The number of nitrogens with zero attached hydrogens (tertiary/aromatic N) is 3. The maximum absolute atomic E-state index is 12.8. The summed E-state index contributed by atoms with van der Waals surface area (Å²) in [5.41, 5.74) is 0.427. The molecule has 0 aliphatic heterocycles. The molecule has 1 amide bonds. The molecule has 0 aliphatic carbocycles. The van der Waals surface area contributed by atoms with E-state index < -0.39 is 11.7 Å². The number of aromatic nitrogens is 3. The summed E-state index contributed by atoms with van der Waals surface area (Å²) in [6.45, 7) is -0.130. The minimum absolute atomic E-state index is 0.0977. The highest BCUT2D eigenvalue weighted by Crippen LogP contribution is 2.22. The molecule has 1 N–H and O–H groups in total. The van der Waals surface area contributed by atoms with E-state index in [1.807, 2.05) is 0 Å². The lowest BCUT2D eigenvalue weighted by atomic mass is 10.3. The Morgan fingerprint density at radius 2 is 2.32 bits per heavy atom. The van der Waals surface area contributed by atoms with E-state index in [9.17, 15) is 14.0 Å². The van der Waals surface area contributed by atoms with Crippen molar-refractivity contribution in [1.29, 1.82) is 0 Å². The monoisotopic (exact) mass is 282 g/mol. The van der Waals surface area contributed by atoms with Crippen molar-refractivity contribution in [1.82, 2.24) is 15.0 Å². The Balaban J connectivity index is 2.02. The number of rotatable bonds is 4. The summed E-state index contributed by atoms with van der Waals surface area (Å²) in [7, 11) is 0. The molecule has 6 nitrogen and oxygen atoms in total. The van der Waals surface area contributed by atoms with E-state index in [2.05, 4.69) is 15.6 Å². The average molecular weight is 283 g/mol. The fraction of sp³-hybridized carbons (Fsp3) is 0.0909. The van der Waals surface area contributed by atoms with Crippen molar-refractivity contribution in [3.05, 3.63) is 40.9 Å². The molecule has 1 heterocycles. The lowest BCUT2D eigenvalue weighted by molar-refractivity contribution is -0.116. The minimum atomic E-state index is -0.491. The van der Waals surface area contributed by atoms with Gasteiger partial charge < -0.3 is 5.32 Å². The number of amides is 1. The lowest BCUT2D eigenvalue weighted by Gasteiger charge is -2.06. The van der Waals surface area contributed by atoms with Gasteiger partial charge >= 0.3 is 0 Å². The molecule has 0 saturated heterocycles.